The van der Waals surface area contributed by atoms with Crippen molar-refractivity contribution in [2.24, 2.45) is 5.92 Å². The number of carbonyl (C=O) groups excluding carboxylic acids is 1. The van der Waals surface area contributed by atoms with Crippen LogP contribution in [0.5, 0.6) is 0 Å². The Morgan fingerprint density at radius 1 is 1.29 bits per heavy atom. The first-order valence-corrected chi connectivity index (χ1v) is 6.51. The van der Waals surface area contributed by atoms with Gasteiger partial charge in [-0.05, 0) is 38.3 Å². The molecule has 2 rings (SSSR count). The summed E-state index contributed by atoms with van der Waals surface area (Å²) < 4.78 is 0. The summed E-state index contributed by atoms with van der Waals surface area (Å²) in [5.74, 6) is 0.663. The van der Waals surface area contributed by atoms with Gasteiger partial charge in [0.25, 0.3) is 0 Å². The van der Waals surface area contributed by atoms with E-state index in [1.54, 1.807) is 4.90 Å². The highest BCUT2D eigenvalue weighted by atomic mass is 16.3. The molecule has 2 fully saturated rings. The van der Waals surface area contributed by atoms with E-state index < -0.39 is 12.2 Å². The van der Waals surface area contributed by atoms with Crippen molar-refractivity contribution in [3.8, 4) is 0 Å². The number of hydrogen-bond acceptors (Lipinski definition) is 4. The molecular weight excluding hydrogens is 220 g/mol. The Hall–Kier alpha value is -0.650. The number of nitrogens with one attached hydrogen (secondary N) is 1. The van der Waals surface area contributed by atoms with Crippen LogP contribution in [0.4, 0.5) is 0 Å². The molecule has 5 heteroatoms. The van der Waals surface area contributed by atoms with Gasteiger partial charge in [-0.2, -0.15) is 0 Å². The largest absolute Gasteiger partial charge is 0.388 e. The lowest BCUT2D eigenvalue weighted by atomic mass is 9.94. The van der Waals surface area contributed by atoms with Crippen LogP contribution in [0.1, 0.15) is 25.7 Å². The minimum atomic E-state index is -0.768. The van der Waals surface area contributed by atoms with Gasteiger partial charge in [0.15, 0.2) is 0 Å². The number of amides is 1. The van der Waals surface area contributed by atoms with Gasteiger partial charge >= 0.3 is 0 Å². The molecule has 0 aromatic carbocycles. The number of hydrogen-bond donors (Lipinski definition) is 3. The molecule has 2 heterocycles. The van der Waals surface area contributed by atoms with Crippen molar-refractivity contribution in [2.45, 2.75) is 37.9 Å². The number of carbonyl (C=O) groups is 1. The van der Waals surface area contributed by atoms with Gasteiger partial charge < -0.3 is 20.4 Å². The van der Waals surface area contributed by atoms with Crippen molar-refractivity contribution < 1.29 is 15.0 Å². The Morgan fingerprint density at radius 2 is 2.00 bits per heavy atom. The van der Waals surface area contributed by atoms with E-state index in [0.29, 0.717) is 12.3 Å². The van der Waals surface area contributed by atoms with Crippen molar-refractivity contribution >= 4 is 5.91 Å². The summed E-state index contributed by atoms with van der Waals surface area (Å²) in [6, 6.07) is 0. The Labute approximate surface area is 102 Å². The van der Waals surface area contributed by atoms with Crippen LogP contribution in [0.2, 0.25) is 0 Å². The lowest BCUT2D eigenvalue weighted by molar-refractivity contribution is -0.131. The molecule has 0 aromatic rings. The van der Waals surface area contributed by atoms with Crippen molar-refractivity contribution in [3.63, 3.8) is 0 Å². The quantitative estimate of drug-likeness (QED) is 0.614. The molecule has 0 radical (unpaired) electrons. The van der Waals surface area contributed by atoms with Crippen LogP contribution in [0.25, 0.3) is 0 Å². The summed E-state index contributed by atoms with van der Waals surface area (Å²) in [7, 11) is 0. The van der Waals surface area contributed by atoms with E-state index in [9.17, 15) is 15.0 Å². The fraction of sp³-hybridized carbons (Fsp3) is 0.917. The zero-order valence-corrected chi connectivity index (χ0v) is 10.1. The number of aliphatic hydroxyl groups is 2. The number of nitrogens with zero attached hydrogens (tertiary/aromatic N) is 1. The fourth-order valence-corrected chi connectivity index (χ4v) is 2.63. The van der Waals surface area contributed by atoms with E-state index in [-0.39, 0.29) is 19.0 Å². The number of β-amino-alcohol motifs (C(OH)–C–C–N with tert-alkyl or cyclic N) is 2. The monoisotopic (exact) mass is 242 g/mol. The van der Waals surface area contributed by atoms with Crippen LogP contribution in [0.3, 0.4) is 0 Å². The fourth-order valence-electron chi connectivity index (χ4n) is 2.63. The predicted octanol–water partition coefficient (Wildman–Crippen LogP) is -0.670. The number of piperidine rings is 1. The first kappa shape index (κ1) is 12.8. The number of rotatable bonds is 3. The molecule has 0 saturated carbocycles. The zero-order valence-electron chi connectivity index (χ0n) is 10.1. The summed E-state index contributed by atoms with van der Waals surface area (Å²) in [6.45, 7) is 2.67. The topological polar surface area (TPSA) is 72.8 Å². The molecule has 5 nitrogen and oxygen atoms in total. The van der Waals surface area contributed by atoms with E-state index >= 15 is 0 Å². The van der Waals surface area contributed by atoms with Crippen molar-refractivity contribution in [1.29, 1.82) is 0 Å². The molecule has 0 aliphatic carbocycles. The molecule has 3 unspecified atom stereocenters. The van der Waals surface area contributed by atoms with Crippen molar-refractivity contribution in [3.05, 3.63) is 0 Å². The van der Waals surface area contributed by atoms with Gasteiger partial charge in [0.2, 0.25) is 5.91 Å². The Bertz CT molecular complexity index is 256. The van der Waals surface area contributed by atoms with Gasteiger partial charge in [-0.25, -0.2) is 0 Å². The first-order chi connectivity index (χ1) is 8.16. The molecular formula is C12H22N2O3. The SMILES string of the molecule is O=C(CCC1CCCNC1)N1CC(O)C(O)C1. The highest BCUT2D eigenvalue weighted by Crippen LogP contribution is 2.18. The van der Waals surface area contributed by atoms with E-state index in [4.69, 9.17) is 0 Å². The maximum atomic E-state index is 11.9. The van der Waals surface area contributed by atoms with Gasteiger partial charge in [0.1, 0.15) is 0 Å². The third kappa shape index (κ3) is 3.40. The molecule has 0 spiro atoms. The maximum Gasteiger partial charge on any atom is 0.222 e. The summed E-state index contributed by atoms with van der Waals surface area (Å²) in [6.07, 6.45) is 2.30. The summed E-state index contributed by atoms with van der Waals surface area (Å²) in [5, 5.41) is 22.1. The molecule has 2 aliphatic rings. The average molecular weight is 242 g/mol. The Balaban J connectivity index is 1.70. The highest BCUT2D eigenvalue weighted by molar-refractivity contribution is 5.76. The van der Waals surface area contributed by atoms with Crippen LogP contribution < -0.4 is 5.32 Å². The van der Waals surface area contributed by atoms with Gasteiger partial charge in [0, 0.05) is 19.5 Å². The summed E-state index contributed by atoms with van der Waals surface area (Å²) in [4.78, 5) is 13.4. The van der Waals surface area contributed by atoms with Crippen LogP contribution in [-0.4, -0.2) is 59.4 Å². The van der Waals surface area contributed by atoms with E-state index in [2.05, 4.69) is 5.32 Å². The average Bonchev–Trinajstić information content (AvgIpc) is 2.68. The Morgan fingerprint density at radius 3 is 2.59 bits per heavy atom. The Kier molecular flexibility index (Phi) is 4.36. The second-order valence-corrected chi connectivity index (χ2v) is 5.18. The summed E-state index contributed by atoms with van der Waals surface area (Å²) in [5.41, 5.74) is 0. The van der Waals surface area contributed by atoms with Gasteiger partial charge in [-0.3, -0.25) is 4.79 Å². The molecule has 2 saturated heterocycles. The van der Waals surface area contributed by atoms with E-state index in [1.807, 2.05) is 0 Å². The molecule has 3 N–H and O–H groups in total. The second-order valence-electron chi connectivity index (χ2n) is 5.18. The lowest BCUT2D eigenvalue weighted by Crippen LogP contribution is -2.33. The lowest BCUT2D eigenvalue weighted by Gasteiger charge is -2.23. The second kappa shape index (κ2) is 5.80. The van der Waals surface area contributed by atoms with Crippen LogP contribution in [0, 0.1) is 5.92 Å². The molecule has 2 aliphatic heterocycles. The standard InChI is InChI=1S/C12H22N2O3/c15-10-7-14(8-11(10)16)12(17)4-3-9-2-1-5-13-6-9/h9-11,13,15-16H,1-8H2. The normalized spacial score (nSPS) is 34.0. The molecule has 1 amide bonds. The molecule has 17 heavy (non-hydrogen) atoms. The van der Waals surface area contributed by atoms with Crippen LogP contribution in [-0.2, 0) is 4.79 Å². The van der Waals surface area contributed by atoms with E-state index in [1.165, 1.54) is 12.8 Å². The third-order valence-electron chi connectivity index (χ3n) is 3.78. The molecule has 3 atom stereocenters. The highest BCUT2D eigenvalue weighted by Gasteiger charge is 2.32. The smallest absolute Gasteiger partial charge is 0.222 e. The van der Waals surface area contributed by atoms with Crippen LogP contribution in [0.15, 0.2) is 0 Å². The van der Waals surface area contributed by atoms with Crippen molar-refractivity contribution in [2.75, 3.05) is 26.2 Å². The van der Waals surface area contributed by atoms with E-state index in [0.717, 1.165) is 19.5 Å². The van der Waals surface area contributed by atoms with Gasteiger partial charge in [0.05, 0.1) is 12.2 Å². The minimum Gasteiger partial charge on any atom is -0.388 e. The number of aliphatic hydroxyl groups excluding tert-OH is 2. The predicted molar refractivity (Wildman–Crippen MR) is 63.4 cm³/mol. The summed E-state index contributed by atoms with van der Waals surface area (Å²) >= 11 is 0. The number of likely N-dealkylation sites (tertiary alicyclic amines) is 1. The molecule has 0 aromatic heterocycles. The molecule has 0 bridgehead atoms. The van der Waals surface area contributed by atoms with Gasteiger partial charge in [-0.1, -0.05) is 0 Å². The van der Waals surface area contributed by atoms with Crippen molar-refractivity contribution in [1.82, 2.24) is 10.2 Å². The van der Waals surface area contributed by atoms with Crippen LogP contribution >= 0.6 is 0 Å². The first-order valence-electron chi connectivity index (χ1n) is 6.51. The third-order valence-corrected chi connectivity index (χ3v) is 3.78. The maximum absolute atomic E-state index is 11.9. The molecule has 98 valence electrons. The minimum absolute atomic E-state index is 0.0613. The zero-order chi connectivity index (χ0) is 12.3. The van der Waals surface area contributed by atoms with Gasteiger partial charge in [-0.15, -0.1) is 0 Å².